The molecule has 0 aliphatic heterocycles. The molecule has 0 aromatic rings. The number of rotatable bonds is 2. The summed E-state index contributed by atoms with van der Waals surface area (Å²) in [4.78, 5) is 31.5. The molecule has 0 rings (SSSR count). The summed E-state index contributed by atoms with van der Waals surface area (Å²) >= 11 is 0. The quantitative estimate of drug-likeness (QED) is 0.406. The molecule has 0 aliphatic carbocycles. The Morgan fingerprint density at radius 2 is 1.00 bits per heavy atom. The molecule has 0 amide bonds. The normalized spacial score (nSPS) is 8.67. The third kappa shape index (κ3) is 17.9. The molecular weight excluding hydrogens is 314 g/mol. The van der Waals surface area contributed by atoms with Gasteiger partial charge in [-0.05, 0) is 0 Å². The van der Waals surface area contributed by atoms with Crippen molar-refractivity contribution in [3.05, 3.63) is 0 Å². The van der Waals surface area contributed by atoms with Crippen LogP contribution in [0.3, 0.4) is 0 Å². The first-order valence-corrected chi connectivity index (χ1v) is 3.91. The van der Waals surface area contributed by atoms with Crippen molar-refractivity contribution in [1.29, 1.82) is 0 Å². The van der Waals surface area contributed by atoms with Crippen LogP contribution in [0.2, 0.25) is 0 Å². The van der Waals surface area contributed by atoms with Crippen molar-refractivity contribution in [1.82, 2.24) is 0 Å². The topological polar surface area (TPSA) is 90.2 Å². The first-order chi connectivity index (χ1) is 3.13. The third-order valence-electron chi connectivity index (χ3n) is 0.183. The Labute approximate surface area is 106 Å². The Hall–Kier alpha value is 2.44. The fraction of sp³-hybridized carbons (Fsp3) is 0. The third-order valence-corrected chi connectivity index (χ3v) is 1.64. The van der Waals surface area contributed by atoms with Crippen LogP contribution >= 0.6 is 0 Å². The molecular formula is H4O5Si2Y2. The zero-order valence-electron chi connectivity index (χ0n) is 4.35. The van der Waals surface area contributed by atoms with Gasteiger partial charge in [-0.3, -0.25) is 0 Å². The Kier molecular flexibility index (Phi) is 20.3. The van der Waals surface area contributed by atoms with E-state index in [1.54, 1.807) is 0 Å². The van der Waals surface area contributed by atoms with Gasteiger partial charge in [0.25, 0.3) is 0 Å². The molecule has 48 valence electrons. The summed E-state index contributed by atoms with van der Waals surface area (Å²) < 4.78 is 3.68. The van der Waals surface area contributed by atoms with E-state index in [1.807, 2.05) is 0 Å². The molecule has 0 heterocycles. The maximum atomic E-state index is 7.86. The van der Waals surface area contributed by atoms with Gasteiger partial charge < -0.3 is 23.3 Å². The maximum absolute atomic E-state index is 7.86. The SMILES string of the molecule is O[Si](O)O[Si](O)O.[Y].[Y]. The van der Waals surface area contributed by atoms with Gasteiger partial charge in [-0.15, -0.1) is 0 Å². The summed E-state index contributed by atoms with van der Waals surface area (Å²) in [7, 11) is -5.78. The summed E-state index contributed by atoms with van der Waals surface area (Å²) in [6.45, 7) is 0. The van der Waals surface area contributed by atoms with Crippen LogP contribution < -0.4 is 0 Å². The minimum Gasteiger partial charge on any atom is -0.388 e. The van der Waals surface area contributed by atoms with E-state index in [2.05, 4.69) is 4.12 Å². The van der Waals surface area contributed by atoms with E-state index in [-0.39, 0.29) is 65.4 Å². The summed E-state index contributed by atoms with van der Waals surface area (Å²) in [5.74, 6) is 0. The van der Waals surface area contributed by atoms with E-state index in [0.717, 1.165) is 0 Å². The second kappa shape index (κ2) is 10.4. The van der Waals surface area contributed by atoms with Crippen LogP contribution in [-0.2, 0) is 69.5 Å². The van der Waals surface area contributed by atoms with Gasteiger partial charge in [-0.2, -0.15) is 0 Å². The van der Waals surface area contributed by atoms with Crippen LogP contribution in [0, 0.1) is 0 Å². The van der Waals surface area contributed by atoms with E-state index in [9.17, 15) is 0 Å². The largest absolute Gasteiger partial charge is 0.563 e. The maximum Gasteiger partial charge on any atom is 0.563 e. The van der Waals surface area contributed by atoms with Crippen molar-refractivity contribution >= 4 is 19.1 Å². The molecule has 9 heteroatoms. The molecule has 0 atom stereocenters. The molecule has 0 aliphatic rings. The van der Waals surface area contributed by atoms with Crippen molar-refractivity contribution in [2.75, 3.05) is 0 Å². The van der Waals surface area contributed by atoms with Crippen LogP contribution in [-0.4, -0.2) is 38.2 Å². The predicted octanol–water partition coefficient (Wildman–Crippen LogP) is -3.06. The number of hydrogen-bond donors (Lipinski definition) is 4. The van der Waals surface area contributed by atoms with Gasteiger partial charge in [-0.1, -0.05) is 0 Å². The average molecular weight is 318 g/mol. The van der Waals surface area contributed by atoms with Crippen molar-refractivity contribution in [2.45, 2.75) is 0 Å². The number of hydrogen-bond acceptors (Lipinski definition) is 5. The van der Waals surface area contributed by atoms with E-state index >= 15 is 0 Å². The molecule has 0 saturated carbocycles. The van der Waals surface area contributed by atoms with Crippen molar-refractivity contribution in [2.24, 2.45) is 0 Å². The zero-order valence-corrected chi connectivity index (χ0v) is 12.0. The first kappa shape index (κ1) is 17.5. The Balaban J connectivity index is -0.000000180. The molecule has 5 nitrogen and oxygen atoms in total. The van der Waals surface area contributed by atoms with Gasteiger partial charge in [0.05, 0.1) is 0 Å². The van der Waals surface area contributed by atoms with Gasteiger partial charge in [0.1, 0.15) is 0 Å². The van der Waals surface area contributed by atoms with E-state index < -0.39 is 19.1 Å². The summed E-state index contributed by atoms with van der Waals surface area (Å²) in [5, 5.41) is 0. The van der Waals surface area contributed by atoms with Gasteiger partial charge in [-0.25, -0.2) is 0 Å². The molecule has 0 aromatic carbocycles. The van der Waals surface area contributed by atoms with Gasteiger partial charge >= 0.3 is 19.1 Å². The smallest absolute Gasteiger partial charge is 0.388 e. The van der Waals surface area contributed by atoms with Gasteiger partial charge in [0.2, 0.25) is 0 Å². The molecule has 9 heavy (non-hydrogen) atoms. The summed E-state index contributed by atoms with van der Waals surface area (Å²) in [5.41, 5.74) is 0. The monoisotopic (exact) mass is 318 g/mol. The summed E-state index contributed by atoms with van der Waals surface area (Å²) in [6.07, 6.45) is 0. The van der Waals surface area contributed by atoms with Crippen LogP contribution in [0.25, 0.3) is 0 Å². The summed E-state index contributed by atoms with van der Waals surface area (Å²) in [6, 6.07) is 0. The standard InChI is InChI=1S/H4O5Si2.2Y/c1-6(2)5-7(3)4;;/h1-4H;;. The molecule has 0 bridgehead atoms. The minimum absolute atomic E-state index is 0. The first-order valence-electron chi connectivity index (χ1n) is 1.30. The molecule has 0 saturated heterocycles. The minimum atomic E-state index is -2.89. The van der Waals surface area contributed by atoms with E-state index in [1.165, 1.54) is 0 Å². The second-order valence-corrected chi connectivity index (χ2v) is 2.61. The Morgan fingerprint density at radius 3 is 1.00 bits per heavy atom. The van der Waals surface area contributed by atoms with Crippen molar-refractivity contribution in [3.63, 3.8) is 0 Å². The Bertz CT molecular complexity index is 42.2. The van der Waals surface area contributed by atoms with E-state index in [0.29, 0.717) is 0 Å². The molecule has 4 radical (unpaired) electrons. The molecule has 0 fully saturated rings. The van der Waals surface area contributed by atoms with Crippen LogP contribution in [0.5, 0.6) is 0 Å². The van der Waals surface area contributed by atoms with Crippen molar-refractivity contribution in [3.8, 4) is 0 Å². The van der Waals surface area contributed by atoms with Crippen molar-refractivity contribution < 1.29 is 88.7 Å². The van der Waals surface area contributed by atoms with Crippen LogP contribution in [0.1, 0.15) is 0 Å². The van der Waals surface area contributed by atoms with Crippen LogP contribution in [0.4, 0.5) is 0 Å². The Morgan fingerprint density at radius 1 is 0.778 bits per heavy atom. The molecule has 0 spiro atoms. The average Bonchev–Trinajstić information content (AvgIpc) is 1.27. The fourth-order valence-electron chi connectivity index (χ4n) is 0.0816. The van der Waals surface area contributed by atoms with Gasteiger partial charge in [0, 0.05) is 65.4 Å². The predicted molar refractivity (Wildman–Crippen MR) is 21.5 cm³/mol. The van der Waals surface area contributed by atoms with Crippen LogP contribution in [0.15, 0.2) is 0 Å². The van der Waals surface area contributed by atoms with E-state index in [4.69, 9.17) is 19.2 Å². The molecule has 0 unspecified atom stereocenters. The van der Waals surface area contributed by atoms with Gasteiger partial charge in [0.15, 0.2) is 0 Å². The molecule has 0 aromatic heterocycles. The fourth-order valence-corrected chi connectivity index (χ4v) is 0.735. The molecule has 4 N–H and O–H groups in total. The second-order valence-electron chi connectivity index (χ2n) is 0.667. The zero-order chi connectivity index (χ0) is 5.86.